The molecule has 0 radical (unpaired) electrons. The lowest BCUT2D eigenvalue weighted by molar-refractivity contribution is 0.600. The maximum atomic E-state index is 12.2. The van der Waals surface area contributed by atoms with Crippen LogP contribution in [0, 0.1) is 6.92 Å². The second kappa shape index (κ2) is 4.38. The van der Waals surface area contributed by atoms with E-state index in [0.29, 0.717) is 11.4 Å². The first-order valence-electron chi connectivity index (χ1n) is 6.21. The molecule has 3 rings (SSSR count). The van der Waals surface area contributed by atoms with E-state index in [1.807, 2.05) is 18.2 Å². The van der Waals surface area contributed by atoms with Gasteiger partial charge in [0.1, 0.15) is 4.90 Å². The van der Waals surface area contributed by atoms with Crippen molar-refractivity contribution < 1.29 is 8.42 Å². The van der Waals surface area contributed by atoms with E-state index < -0.39 is 10.0 Å². The van der Waals surface area contributed by atoms with Gasteiger partial charge in [-0.05, 0) is 49.4 Å². The fraction of sp³-hybridized carbons (Fsp3) is 0.308. The lowest BCUT2D eigenvalue weighted by Crippen LogP contribution is -2.13. The Morgan fingerprint density at radius 2 is 2.05 bits per heavy atom. The van der Waals surface area contributed by atoms with Crippen LogP contribution in [0.15, 0.2) is 29.3 Å². The van der Waals surface area contributed by atoms with Gasteiger partial charge in [0, 0.05) is 5.69 Å². The lowest BCUT2D eigenvalue weighted by atomic mass is 10.1. The number of H-pyrrole nitrogens is 1. The normalized spacial score (nSPS) is 14.4. The molecule has 100 valence electrons. The molecule has 0 bridgehead atoms. The third kappa shape index (κ3) is 2.23. The molecule has 2 aromatic rings. The van der Waals surface area contributed by atoms with Gasteiger partial charge in [0.25, 0.3) is 10.0 Å². The van der Waals surface area contributed by atoms with E-state index in [2.05, 4.69) is 14.9 Å². The van der Waals surface area contributed by atoms with Gasteiger partial charge in [-0.25, -0.2) is 8.42 Å². The number of anilines is 1. The zero-order valence-electron chi connectivity index (χ0n) is 10.6. The van der Waals surface area contributed by atoms with Crippen molar-refractivity contribution in [2.75, 3.05) is 4.72 Å². The Hall–Kier alpha value is -1.82. The summed E-state index contributed by atoms with van der Waals surface area (Å²) in [5.41, 5.74) is 3.71. The van der Waals surface area contributed by atoms with E-state index >= 15 is 0 Å². The molecule has 1 aromatic carbocycles. The molecule has 1 aromatic heterocycles. The van der Waals surface area contributed by atoms with Crippen LogP contribution < -0.4 is 4.72 Å². The Morgan fingerprint density at radius 1 is 1.26 bits per heavy atom. The van der Waals surface area contributed by atoms with Crippen molar-refractivity contribution in [3.63, 3.8) is 0 Å². The van der Waals surface area contributed by atoms with Gasteiger partial charge in [-0.3, -0.25) is 9.82 Å². The zero-order chi connectivity index (χ0) is 13.5. The molecule has 0 saturated carbocycles. The molecule has 1 heterocycles. The first-order valence-corrected chi connectivity index (χ1v) is 7.69. The Balaban J connectivity index is 1.91. The van der Waals surface area contributed by atoms with Crippen LogP contribution >= 0.6 is 0 Å². The number of fused-ring (bicyclic) bond motifs is 1. The van der Waals surface area contributed by atoms with Gasteiger partial charge in [0.2, 0.25) is 0 Å². The molecule has 2 N–H and O–H groups in total. The first kappa shape index (κ1) is 12.2. The largest absolute Gasteiger partial charge is 0.281 e. The van der Waals surface area contributed by atoms with E-state index in [1.54, 1.807) is 6.92 Å². The van der Waals surface area contributed by atoms with Crippen LogP contribution in [0.4, 0.5) is 5.69 Å². The maximum Gasteiger partial charge on any atom is 0.265 e. The number of aromatic amines is 1. The van der Waals surface area contributed by atoms with Crippen molar-refractivity contribution in [2.24, 2.45) is 0 Å². The van der Waals surface area contributed by atoms with Crippen LogP contribution in [0.5, 0.6) is 0 Å². The third-order valence-corrected chi connectivity index (χ3v) is 4.92. The molecule has 0 saturated heterocycles. The van der Waals surface area contributed by atoms with Crippen LogP contribution in [0.1, 0.15) is 23.2 Å². The smallest absolute Gasteiger partial charge is 0.265 e. The zero-order valence-corrected chi connectivity index (χ0v) is 11.4. The summed E-state index contributed by atoms with van der Waals surface area (Å²) < 4.78 is 27.0. The fourth-order valence-corrected chi connectivity index (χ4v) is 3.64. The predicted molar refractivity (Wildman–Crippen MR) is 72.6 cm³/mol. The van der Waals surface area contributed by atoms with E-state index in [9.17, 15) is 8.42 Å². The fourth-order valence-electron chi connectivity index (χ4n) is 2.46. The number of rotatable bonds is 3. The number of hydrogen-bond donors (Lipinski definition) is 2. The first-order chi connectivity index (χ1) is 9.06. The van der Waals surface area contributed by atoms with Crippen LogP contribution in [0.25, 0.3) is 0 Å². The number of nitrogens with zero attached hydrogens (tertiary/aromatic N) is 1. The van der Waals surface area contributed by atoms with Crippen molar-refractivity contribution in [2.45, 2.75) is 31.1 Å². The average molecular weight is 277 g/mol. The minimum absolute atomic E-state index is 0.188. The molecule has 5 nitrogen and oxygen atoms in total. The Morgan fingerprint density at radius 3 is 2.79 bits per heavy atom. The number of hydrogen-bond acceptors (Lipinski definition) is 3. The van der Waals surface area contributed by atoms with E-state index in [0.717, 1.165) is 19.3 Å². The van der Waals surface area contributed by atoms with Gasteiger partial charge >= 0.3 is 0 Å². The average Bonchev–Trinajstić information content (AvgIpc) is 2.96. The third-order valence-electron chi connectivity index (χ3n) is 3.42. The summed E-state index contributed by atoms with van der Waals surface area (Å²) in [7, 11) is -3.56. The van der Waals surface area contributed by atoms with Crippen molar-refractivity contribution in [1.29, 1.82) is 0 Å². The summed E-state index contributed by atoms with van der Waals surface area (Å²) in [4.78, 5) is 0.188. The minimum Gasteiger partial charge on any atom is -0.281 e. The highest BCUT2D eigenvalue weighted by Gasteiger charge is 2.19. The molecule has 1 aliphatic carbocycles. The molecule has 0 spiro atoms. The Labute approximate surface area is 112 Å². The lowest BCUT2D eigenvalue weighted by Gasteiger charge is -2.09. The Kier molecular flexibility index (Phi) is 2.82. The number of benzene rings is 1. The van der Waals surface area contributed by atoms with Crippen LogP contribution in [0.3, 0.4) is 0 Å². The summed E-state index contributed by atoms with van der Waals surface area (Å²) in [6.45, 7) is 1.68. The van der Waals surface area contributed by atoms with Crippen LogP contribution in [0.2, 0.25) is 0 Å². The predicted octanol–water partition coefficient (Wildman–Crippen LogP) is 2.01. The number of nitrogens with one attached hydrogen (secondary N) is 2. The molecule has 0 amide bonds. The molecule has 19 heavy (non-hydrogen) atoms. The molecular formula is C13H15N3O2S. The molecule has 0 fully saturated rings. The van der Waals surface area contributed by atoms with E-state index in [4.69, 9.17) is 0 Å². The van der Waals surface area contributed by atoms with Gasteiger partial charge in [0.15, 0.2) is 0 Å². The number of aromatic nitrogens is 2. The SMILES string of the molecule is Cc1[nH]ncc1S(=O)(=O)Nc1ccc2c(c1)CCC2. The van der Waals surface area contributed by atoms with Crippen LogP contribution in [-0.2, 0) is 22.9 Å². The molecule has 0 aliphatic heterocycles. The summed E-state index contributed by atoms with van der Waals surface area (Å²) >= 11 is 0. The number of aryl methyl sites for hydroxylation is 3. The molecule has 0 atom stereocenters. The Bertz CT molecular complexity index is 719. The van der Waals surface area contributed by atoms with Gasteiger partial charge in [-0.1, -0.05) is 6.07 Å². The minimum atomic E-state index is -3.56. The highest BCUT2D eigenvalue weighted by molar-refractivity contribution is 7.92. The summed E-state index contributed by atoms with van der Waals surface area (Å²) in [6, 6.07) is 5.74. The highest BCUT2D eigenvalue weighted by atomic mass is 32.2. The summed E-state index contributed by atoms with van der Waals surface area (Å²) in [5.74, 6) is 0. The van der Waals surface area contributed by atoms with Gasteiger partial charge in [-0.2, -0.15) is 5.10 Å². The quantitative estimate of drug-likeness (QED) is 0.901. The molecule has 0 unspecified atom stereocenters. The van der Waals surface area contributed by atoms with Crippen molar-refractivity contribution >= 4 is 15.7 Å². The second-order valence-corrected chi connectivity index (χ2v) is 6.45. The molecule has 6 heteroatoms. The molecular weight excluding hydrogens is 262 g/mol. The highest BCUT2D eigenvalue weighted by Crippen LogP contribution is 2.26. The number of sulfonamides is 1. The summed E-state index contributed by atoms with van der Waals surface area (Å²) in [5, 5.41) is 6.38. The molecule has 1 aliphatic rings. The van der Waals surface area contributed by atoms with Crippen molar-refractivity contribution in [3.8, 4) is 0 Å². The van der Waals surface area contributed by atoms with Gasteiger partial charge in [0.05, 0.1) is 11.9 Å². The van der Waals surface area contributed by atoms with E-state index in [-0.39, 0.29) is 4.90 Å². The topological polar surface area (TPSA) is 74.8 Å². The second-order valence-electron chi connectivity index (χ2n) is 4.80. The van der Waals surface area contributed by atoms with Crippen molar-refractivity contribution in [3.05, 3.63) is 41.2 Å². The van der Waals surface area contributed by atoms with Crippen molar-refractivity contribution in [1.82, 2.24) is 10.2 Å². The van der Waals surface area contributed by atoms with Gasteiger partial charge < -0.3 is 0 Å². The summed E-state index contributed by atoms with van der Waals surface area (Å²) in [6.07, 6.45) is 4.58. The van der Waals surface area contributed by atoms with E-state index in [1.165, 1.54) is 17.3 Å². The van der Waals surface area contributed by atoms with Crippen LogP contribution in [-0.4, -0.2) is 18.6 Å². The standard InChI is InChI=1S/C13H15N3O2S/c1-9-13(8-14-15-9)19(17,18)16-12-6-5-10-3-2-4-11(10)7-12/h5-8,16H,2-4H2,1H3,(H,14,15). The monoisotopic (exact) mass is 277 g/mol. The maximum absolute atomic E-state index is 12.2. The van der Waals surface area contributed by atoms with Gasteiger partial charge in [-0.15, -0.1) is 0 Å².